The Morgan fingerprint density at radius 2 is 2.00 bits per heavy atom. The van der Waals surface area contributed by atoms with Crippen molar-refractivity contribution in [3.8, 4) is 16.9 Å². The Morgan fingerprint density at radius 1 is 1.14 bits per heavy atom. The molecule has 4 rings (SSSR count). The van der Waals surface area contributed by atoms with Crippen LogP contribution < -0.4 is 4.74 Å². The Labute approximate surface area is 171 Å². The number of rotatable bonds is 5. The second-order valence-electron chi connectivity index (χ2n) is 7.45. The lowest BCUT2D eigenvalue weighted by atomic mass is 9.94. The summed E-state index contributed by atoms with van der Waals surface area (Å²) in [6.45, 7) is 3.67. The van der Waals surface area contributed by atoms with Crippen molar-refractivity contribution in [2.45, 2.75) is 38.8 Å². The van der Waals surface area contributed by atoms with Crippen LogP contribution in [0.2, 0.25) is 0 Å². The molecule has 3 aromatic rings. The predicted molar refractivity (Wildman–Crippen MR) is 114 cm³/mol. The average Bonchev–Trinajstić information content (AvgIpc) is 3.28. The van der Waals surface area contributed by atoms with Crippen molar-refractivity contribution < 1.29 is 9.53 Å². The number of piperidine rings is 1. The maximum Gasteiger partial charge on any atom is 0.254 e. The van der Waals surface area contributed by atoms with E-state index < -0.39 is 0 Å². The summed E-state index contributed by atoms with van der Waals surface area (Å²) < 4.78 is 7.29. The fourth-order valence-corrected chi connectivity index (χ4v) is 4.05. The molecule has 1 unspecified atom stereocenters. The zero-order chi connectivity index (χ0) is 20.2. The second kappa shape index (κ2) is 8.52. The van der Waals surface area contributed by atoms with Gasteiger partial charge in [0.15, 0.2) is 0 Å². The number of carbonyl (C=O) groups is 1. The predicted octanol–water partition coefficient (Wildman–Crippen LogP) is 4.95. The molecule has 150 valence electrons. The van der Waals surface area contributed by atoms with Crippen LogP contribution in [-0.2, 0) is 6.54 Å². The van der Waals surface area contributed by atoms with Crippen molar-refractivity contribution >= 4 is 5.91 Å². The maximum absolute atomic E-state index is 13.5. The number of aromatic nitrogens is 2. The van der Waals surface area contributed by atoms with Crippen LogP contribution in [0.25, 0.3) is 11.1 Å². The van der Waals surface area contributed by atoms with E-state index in [9.17, 15) is 4.79 Å². The van der Waals surface area contributed by atoms with Gasteiger partial charge < -0.3 is 9.64 Å². The SMILES string of the molecule is CCn1cc(-c2cccc(C(=O)N3CCCCC3c3cccc(OC)c3)c2)cn1. The molecule has 0 radical (unpaired) electrons. The molecule has 0 N–H and O–H groups in total. The molecule has 1 atom stereocenters. The summed E-state index contributed by atoms with van der Waals surface area (Å²) in [4.78, 5) is 15.5. The summed E-state index contributed by atoms with van der Waals surface area (Å²) in [5.74, 6) is 0.914. The van der Waals surface area contributed by atoms with Gasteiger partial charge in [0.05, 0.1) is 19.3 Å². The van der Waals surface area contributed by atoms with Gasteiger partial charge >= 0.3 is 0 Å². The van der Waals surface area contributed by atoms with Crippen LogP contribution >= 0.6 is 0 Å². The smallest absolute Gasteiger partial charge is 0.254 e. The second-order valence-corrected chi connectivity index (χ2v) is 7.45. The van der Waals surface area contributed by atoms with Crippen LogP contribution in [0.4, 0.5) is 0 Å². The Hall–Kier alpha value is -3.08. The number of likely N-dealkylation sites (tertiary alicyclic amines) is 1. The number of benzene rings is 2. The molecule has 2 aromatic carbocycles. The summed E-state index contributed by atoms with van der Waals surface area (Å²) in [5, 5.41) is 4.35. The monoisotopic (exact) mass is 389 g/mol. The van der Waals surface area contributed by atoms with Gasteiger partial charge in [-0.2, -0.15) is 5.10 Å². The average molecular weight is 389 g/mol. The van der Waals surface area contributed by atoms with Gasteiger partial charge in [-0.15, -0.1) is 0 Å². The van der Waals surface area contributed by atoms with Crippen molar-refractivity contribution in [3.63, 3.8) is 0 Å². The minimum Gasteiger partial charge on any atom is -0.497 e. The first-order valence-corrected chi connectivity index (χ1v) is 10.3. The van der Waals surface area contributed by atoms with E-state index in [-0.39, 0.29) is 11.9 Å². The summed E-state index contributed by atoms with van der Waals surface area (Å²) in [7, 11) is 1.68. The van der Waals surface area contributed by atoms with Gasteiger partial charge in [0, 0.05) is 30.4 Å². The third-order valence-electron chi connectivity index (χ3n) is 5.64. The van der Waals surface area contributed by atoms with Gasteiger partial charge in [0.2, 0.25) is 0 Å². The maximum atomic E-state index is 13.5. The molecule has 1 aromatic heterocycles. The van der Waals surface area contributed by atoms with E-state index in [4.69, 9.17) is 4.74 Å². The summed E-state index contributed by atoms with van der Waals surface area (Å²) in [6.07, 6.45) is 7.01. The van der Waals surface area contributed by atoms with E-state index in [1.165, 1.54) is 0 Å². The highest BCUT2D eigenvalue weighted by atomic mass is 16.5. The topological polar surface area (TPSA) is 47.4 Å². The molecule has 2 heterocycles. The van der Waals surface area contributed by atoms with Crippen LogP contribution in [0, 0.1) is 0 Å². The summed E-state index contributed by atoms with van der Waals surface area (Å²) in [5.41, 5.74) is 3.91. The van der Waals surface area contributed by atoms with E-state index in [1.807, 2.05) is 64.4 Å². The molecule has 0 aliphatic carbocycles. The molecule has 1 amide bonds. The molecule has 0 saturated carbocycles. The third kappa shape index (κ3) is 4.04. The Bertz CT molecular complexity index is 995. The third-order valence-corrected chi connectivity index (χ3v) is 5.64. The number of nitrogens with zero attached hydrogens (tertiary/aromatic N) is 3. The van der Waals surface area contributed by atoms with Gasteiger partial charge in [-0.1, -0.05) is 24.3 Å². The van der Waals surface area contributed by atoms with Gasteiger partial charge in [-0.05, 0) is 61.6 Å². The van der Waals surface area contributed by atoms with Crippen LogP contribution in [0.5, 0.6) is 5.75 Å². The van der Waals surface area contributed by atoms with Crippen LogP contribution in [-0.4, -0.2) is 34.2 Å². The number of hydrogen-bond acceptors (Lipinski definition) is 3. The van der Waals surface area contributed by atoms with Crippen molar-refractivity contribution in [1.82, 2.24) is 14.7 Å². The van der Waals surface area contributed by atoms with Gasteiger partial charge in [-0.3, -0.25) is 9.48 Å². The zero-order valence-electron chi connectivity index (χ0n) is 17.0. The molecular weight excluding hydrogens is 362 g/mol. The first-order valence-electron chi connectivity index (χ1n) is 10.3. The van der Waals surface area contributed by atoms with E-state index in [1.54, 1.807) is 7.11 Å². The molecule has 1 saturated heterocycles. The van der Waals surface area contributed by atoms with Gasteiger partial charge in [0.25, 0.3) is 5.91 Å². The number of methoxy groups -OCH3 is 1. The summed E-state index contributed by atoms with van der Waals surface area (Å²) >= 11 is 0. The standard InChI is InChI=1S/C24H27N3O2/c1-3-26-17-21(16-25-26)18-8-6-10-20(14-18)24(28)27-13-5-4-12-23(27)19-9-7-11-22(15-19)29-2/h6-11,14-17,23H,3-5,12-13H2,1-2H3. The minimum absolute atomic E-state index is 0.0813. The lowest BCUT2D eigenvalue weighted by Crippen LogP contribution is -2.38. The van der Waals surface area contributed by atoms with E-state index >= 15 is 0 Å². The quantitative estimate of drug-likeness (QED) is 0.621. The number of ether oxygens (including phenoxy) is 1. The molecule has 1 aliphatic rings. The van der Waals surface area contributed by atoms with Gasteiger partial charge in [-0.25, -0.2) is 0 Å². The van der Waals surface area contributed by atoms with Crippen molar-refractivity contribution in [2.24, 2.45) is 0 Å². The summed E-state index contributed by atoms with van der Waals surface area (Å²) in [6, 6.07) is 16.0. The largest absolute Gasteiger partial charge is 0.497 e. The minimum atomic E-state index is 0.0813. The highest BCUT2D eigenvalue weighted by molar-refractivity contribution is 5.95. The lowest BCUT2D eigenvalue weighted by molar-refractivity contribution is 0.0611. The van der Waals surface area contributed by atoms with Crippen LogP contribution in [0.15, 0.2) is 60.9 Å². The van der Waals surface area contributed by atoms with Crippen LogP contribution in [0.1, 0.15) is 48.1 Å². The number of carbonyl (C=O) groups excluding carboxylic acids is 1. The molecule has 29 heavy (non-hydrogen) atoms. The molecular formula is C24H27N3O2. The number of amides is 1. The van der Waals surface area contributed by atoms with Crippen LogP contribution in [0.3, 0.4) is 0 Å². The molecule has 1 aliphatic heterocycles. The van der Waals surface area contributed by atoms with Crippen molar-refractivity contribution in [1.29, 1.82) is 0 Å². The fourth-order valence-electron chi connectivity index (χ4n) is 4.05. The van der Waals surface area contributed by atoms with Crippen molar-refractivity contribution in [2.75, 3.05) is 13.7 Å². The Kier molecular flexibility index (Phi) is 5.65. The molecule has 0 bridgehead atoms. The molecule has 0 spiro atoms. The normalized spacial score (nSPS) is 16.6. The molecule has 5 nitrogen and oxygen atoms in total. The Balaban J connectivity index is 1.62. The fraction of sp³-hybridized carbons (Fsp3) is 0.333. The number of aryl methyl sites for hydroxylation is 1. The number of hydrogen-bond donors (Lipinski definition) is 0. The zero-order valence-corrected chi connectivity index (χ0v) is 17.0. The highest BCUT2D eigenvalue weighted by Crippen LogP contribution is 2.34. The Morgan fingerprint density at radius 3 is 2.79 bits per heavy atom. The van der Waals surface area contributed by atoms with Gasteiger partial charge in [0.1, 0.15) is 5.75 Å². The molecule has 5 heteroatoms. The first kappa shape index (κ1) is 19.2. The highest BCUT2D eigenvalue weighted by Gasteiger charge is 2.29. The first-order chi connectivity index (χ1) is 14.2. The molecule has 1 fully saturated rings. The lowest BCUT2D eigenvalue weighted by Gasteiger charge is -2.36. The van der Waals surface area contributed by atoms with E-state index in [2.05, 4.69) is 18.1 Å². The van der Waals surface area contributed by atoms with Crippen molar-refractivity contribution in [3.05, 3.63) is 72.1 Å². The van der Waals surface area contributed by atoms with E-state index in [0.29, 0.717) is 0 Å². The van der Waals surface area contributed by atoms with E-state index in [0.717, 1.165) is 60.4 Å².